The van der Waals surface area contributed by atoms with Gasteiger partial charge in [-0.15, -0.1) is 0 Å². The second kappa shape index (κ2) is 8.37. The average Bonchev–Trinajstić information content (AvgIpc) is 2.58. The molecule has 0 aliphatic rings. The van der Waals surface area contributed by atoms with Crippen molar-refractivity contribution < 1.29 is 14.6 Å². The fraction of sp³-hybridized carbons (Fsp3) is 0.350. The first-order valence-electron chi connectivity index (χ1n) is 8.09. The number of carboxylic acid groups (broad SMARTS) is 1. The molecule has 122 valence electrons. The molecule has 0 aliphatic heterocycles. The van der Waals surface area contributed by atoms with Crippen LogP contribution in [0.1, 0.15) is 43.7 Å². The van der Waals surface area contributed by atoms with Gasteiger partial charge >= 0.3 is 5.97 Å². The topological polar surface area (TPSA) is 46.5 Å². The van der Waals surface area contributed by atoms with Crippen LogP contribution in [-0.2, 0) is 4.79 Å². The van der Waals surface area contributed by atoms with Crippen LogP contribution in [-0.4, -0.2) is 17.7 Å². The Kier molecular flexibility index (Phi) is 6.21. The minimum atomic E-state index is -0.795. The van der Waals surface area contributed by atoms with Crippen molar-refractivity contribution in [1.29, 1.82) is 0 Å². The summed E-state index contributed by atoms with van der Waals surface area (Å²) in [5.41, 5.74) is 2.01. The van der Waals surface area contributed by atoms with Gasteiger partial charge in [0.1, 0.15) is 5.75 Å². The van der Waals surface area contributed by atoms with Crippen molar-refractivity contribution in [3.63, 3.8) is 0 Å². The van der Waals surface area contributed by atoms with Crippen LogP contribution in [0.15, 0.2) is 54.6 Å². The molecule has 3 heteroatoms. The van der Waals surface area contributed by atoms with Gasteiger partial charge in [-0.1, -0.05) is 62.7 Å². The maximum atomic E-state index is 11.2. The molecule has 0 amide bonds. The summed E-state index contributed by atoms with van der Waals surface area (Å²) in [6, 6.07) is 17.5. The van der Waals surface area contributed by atoms with E-state index in [-0.39, 0.29) is 12.3 Å². The van der Waals surface area contributed by atoms with Crippen LogP contribution in [0.25, 0.3) is 0 Å². The predicted molar refractivity (Wildman–Crippen MR) is 91.9 cm³/mol. The molecule has 2 atom stereocenters. The number of hydrogen-bond acceptors (Lipinski definition) is 2. The third-order valence-electron chi connectivity index (χ3n) is 4.09. The molecule has 0 aliphatic carbocycles. The van der Waals surface area contributed by atoms with Gasteiger partial charge < -0.3 is 9.84 Å². The van der Waals surface area contributed by atoms with Crippen molar-refractivity contribution in [3.8, 4) is 5.75 Å². The Balaban J connectivity index is 2.14. The van der Waals surface area contributed by atoms with E-state index >= 15 is 0 Å². The molecule has 23 heavy (non-hydrogen) atoms. The Morgan fingerprint density at radius 1 is 1.04 bits per heavy atom. The Morgan fingerprint density at radius 2 is 1.65 bits per heavy atom. The number of ether oxygens (including phenoxy) is 1. The lowest BCUT2D eigenvalue weighted by molar-refractivity contribution is -0.137. The zero-order valence-corrected chi connectivity index (χ0v) is 13.7. The predicted octanol–water partition coefficient (Wildman–Crippen LogP) is 4.72. The van der Waals surface area contributed by atoms with Crippen LogP contribution in [0.2, 0.25) is 0 Å². The first-order chi connectivity index (χ1) is 11.1. The normalized spacial score (nSPS) is 13.3. The molecule has 0 heterocycles. The Morgan fingerprint density at radius 3 is 2.22 bits per heavy atom. The van der Waals surface area contributed by atoms with E-state index in [2.05, 4.69) is 13.8 Å². The van der Waals surface area contributed by atoms with Crippen LogP contribution in [0.3, 0.4) is 0 Å². The molecule has 0 aromatic heterocycles. The van der Waals surface area contributed by atoms with Gasteiger partial charge in [-0.05, 0) is 29.2 Å². The number of aliphatic carboxylic acids is 1. The highest BCUT2D eigenvalue weighted by Crippen LogP contribution is 2.29. The van der Waals surface area contributed by atoms with Crippen LogP contribution < -0.4 is 4.74 Å². The summed E-state index contributed by atoms with van der Waals surface area (Å²) in [6.07, 6.45) is 1.17. The molecule has 0 fully saturated rings. The highest BCUT2D eigenvalue weighted by Gasteiger charge is 2.17. The van der Waals surface area contributed by atoms with Gasteiger partial charge in [-0.25, -0.2) is 0 Å². The van der Waals surface area contributed by atoms with E-state index in [1.165, 1.54) is 0 Å². The number of benzene rings is 2. The van der Waals surface area contributed by atoms with Crippen LogP contribution in [0.5, 0.6) is 5.75 Å². The first kappa shape index (κ1) is 17.1. The molecule has 2 aromatic carbocycles. The van der Waals surface area contributed by atoms with Gasteiger partial charge in [0.25, 0.3) is 0 Å². The number of carboxylic acids is 1. The Hall–Kier alpha value is -2.29. The Labute approximate surface area is 137 Å². The summed E-state index contributed by atoms with van der Waals surface area (Å²) < 4.78 is 5.76. The molecule has 0 saturated heterocycles. The third-order valence-corrected chi connectivity index (χ3v) is 4.09. The fourth-order valence-corrected chi connectivity index (χ4v) is 2.44. The minimum absolute atomic E-state index is 0.0804. The largest absolute Gasteiger partial charge is 0.493 e. The highest BCUT2D eigenvalue weighted by atomic mass is 16.5. The number of carbonyl (C=O) groups is 1. The van der Waals surface area contributed by atoms with E-state index in [4.69, 9.17) is 4.74 Å². The summed E-state index contributed by atoms with van der Waals surface area (Å²) in [7, 11) is 0. The van der Waals surface area contributed by atoms with Gasteiger partial charge in [0.05, 0.1) is 13.0 Å². The molecule has 3 nitrogen and oxygen atoms in total. The molecule has 0 radical (unpaired) electrons. The summed E-state index contributed by atoms with van der Waals surface area (Å²) in [4.78, 5) is 11.2. The number of rotatable bonds is 8. The third kappa shape index (κ3) is 5.13. The van der Waals surface area contributed by atoms with Crippen molar-refractivity contribution >= 4 is 5.97 Å². The zero-order chi connectivity index (χ0) is 16.7. The monoisotopic (exact) mass is 312 g/mol. The van der Waals surface area contributed by atoms with Gasteiger partial charge in [-0.2, -0.15) is 0 Å². The molecule has 2 aromatic rings. The lowest BCUT2D eigenvalue weighted by Crippen LogP contribution is -2.09. The summed E-state index contributed by atoms with van der Waals surface area (Å²) in [5, 5.41) is 9.21. The fourth-order valence-electron chi connectivity index (χ4n) is 2.44. The number of hydrogen-bond donors (Lipinski definition) is 1. The quantitative estimate of drug-likeness (QED) is 0.767. The van der Waals surface area contributed by atoms with Gasteiger partial charge in [0, 0.05) is 5.92 Å². The van der Waals surface area contributed by atoms with E-state index in [1.807, 2.05) is 54.6 Å². The van der Waals surface area contributed by atoms with E-state index in [0.717, 1.165) is 23.3 Å². The molecular weight excluding hydrogens is 288 g/mol. The molecule has 1 N–H and O–H groups in total. The molecule has 1 unspecified atom stereocenters. The van der Waals surface area contributed by atoms with E-state index in [0.29, 0.717) is 12.5 Å². The lowest BCUT2D eigenvalue weighted by atomic mass is 9.88. The molecule has 0 bridgehead atoms. The van der Waals surface area contributed by atoms with Crippen LogP contribution in [0.4, 0.5) is 0 Å². The van der Waals surface area contributed by atoms with Gasteiger partial charge in [0.2, 0.25) is 0 Å². The second-order valence-electron chi connectivity index (χ2n) is 5.95. The lowest BCUT2D eigenvalue weighted by Gasteiger charge is -2.17. The molecule has 0 spiro atoms. The smallest absolute Gasteiger partial charge is 0.304 e. The average molecular weight is 312 g/mol. The van der Waals surface area contributed by atoms with Gasteiger partial charge in [0.15, 0.2) is 0 Å². The second-order valence-corrected chi connectivity index (χ2v) is 5.95. The van der Waals surface area contributed by atoms with Crippen molar-refractivity contribution in [2.24, 2.45) is 5.92 Å². The molecule has 2 rings (SSSR count). The minimum Gasteiger partial charge on any atom is -0.493 e. The summed E-state index contributed by atoms with van der Waals surface area (Å²) in [6.45, 7) is 5.01. The van der Waals surface area contributed by atoms with Crippen LogP contribution in [0, 0.1) is 5.92 Å². The van der Waals surface area contributed by atoms with E-state index < -0.39 is 5.97 Å². The summed E-state index contributed by atoms with van der Waals surface area (Å²) >= 11 is 0. The van der Waals surface area contributed by atoms with E-state index in [9.17, 15) is 9.90 Å². The Bertz CT molecular complexity index is 605. The van der Waals surface area contributed by atoms with Crippen molar-refractivity contribution in [3.05, 3.63) is 65.7 Å². The maximum Gasteiger partial charge on any atom is 0.304 e. The molecule has 0 saturated carbocycles. The zero-order valence-electron chi connectivity index (χ0n) is 13.7. The van der Waals surface area contributed by atoms with Crippen molar-refractivity contribution in [1.82, 2.24) is 0 Å². The summed E-state index contributed by atoms with van der Waals surface area (Å²) in [5.74, 6) is 0.420. The maximum absolute atomic E-state index is 11.2. The SMILES string of the molecule is CC[C@@H](C)COc1ccc(C(CC(=O)O)c2ccccc2)cc1. The van der Waals surface area contributed by atoms with Crippen molar-refractivity contribution in [2.75, 3.05) is 6.61 Å². The van der Waals surface area contributed by atoms with Crippen LogP contribution >= 0.6 is 0 Å². The van der Waals surface area contributed by atoms with Crippen molar-refractivity contribution in [2.45, 2.75) is 32.6 Å². The standard InChI is InChI=1S/C20H24O3/c1-3-15(2)14-23-18-11-9-17(10-12-18)19(13-20(21)22)16-7-5-4-6-8-16/h4-12,15,19H,3,13-14H2,1-2H3,(H,21,22)/t15-,19?/m1/s1. The van der Waals surface area contributed by atoms with Gasteiger partial charge in [-0.3, -0.25) is 4.79 Å². The first-order valence-corrected chi connectivity index (χ1v) is 8.09. The highest BCUT2D eigenvalue weighted by molar-refractivity contribution is 5.69. The van der Waals surface area contributed by atoms with E-state index in [1.54, 1.807) is 0 Å². The molecular formula is C20H24O3.